The SMILES string of the molecule is CCCC1CN(Cc2cccc(Cl)c2F)C(C(C)C)CN1. The van der Waals surface area contributed by atoms with Gasteiger partial charge in [-0.25, -0.2) is 4.39 Å². The maximum absolute atomic E-state index is 14.2. The number of nitrogens with one attached hydrogen (secondary N) is 1. The first kappa shape index (κ1) is 16.7. The van der Waals surface area contributed by atoms with Crippen molar-refractivity contribution >= 4 is 11.6 Å². The zero-order valence-electron chi connectivity index (χ0n) is 13.2. The molecule has 0 radical (unpaired) electrons. The molecule has 1 N–H and O–H groups in total. The Morgan fingerprint density at radius 1 is 1.43 bits per heavy atom. The first-order valence-corrected chi connectivity index (χ1v) is 8.31. The van der Waals surface area contributed by atoms with Gasteiger partial charge in [0.05, 0.1) is 5.02 Å². The first-order chi connectivity index (χ1) is 10.0. The van der Waals surface area contributed by atoms with Gasteiger partial charge in [0.25, 0.3) is 0 Å². The van der Waals surface area contributed by atoms with Crippen LogP contribution in [0.3, 0.4) is 0 Å². The Morgan fingerprint density at radius 2 is 2.19 bits per heavy atom. The van der Waals surface area contributed by atoms with E-state index in [2.05, 4.69) is 31.0 Å². The lowest BCUT2D eigenvalue weighted by Gasteiger charge is -2.42. The van der Waals surface area contributed by atoms with Crippen LogP contribution in [0.5, 0.6) is 0 Å². The third-order valence-electron chi connectivity index (χ3n) is 4.35. The zero-order valence-corrected chi connectivity index (χ0v) is 14.0. The molecule has 1 saturated heterocycles. The molecule has 0 bridgehead atoms. The molecule has 2 nitrogen and oxygen atoms in total. The Labute approximate surface area is 132 Å². The van der Waals surface area contributed by atoms with Crippen molar-refractivity contribution in [3.8, 4) is 0 Å². The van der Waals surface area contributed by atoms with Gasteiger partial charge in [0, 0.05) is 37.3 Å². The first-order valence-electron chi connectivity index (χ1n) is 7.93. The highest BCUT2D eigenvalue weighted by Crippen LogP contribution is 2.23. The lowest BCUT2D eigenvalue weighted by molar-refractivity contribution is 0.0874. The van der Waals surface area contributed by atoms with Gasteiger partial charge in [0.1, 0.15) is 5.82 Å². The van der Waals surface area contributed by atoms with Gasteiger partial charge in [-0.2, -0.15) is 0 Å². The fraction of sp³-hybridized carbons (Fsp3) is 0.647. The zero-order chi connectivity index (χ0) is 15.4. The van der Waals surface area contributed by atoms with Crippen molar-refractivity contribution in [2.45, 2.75) is 52.2 Å². The fourth-order valence-corrected chi connectivity index (χ4v) is 3.36. The summed E-state index contributed by atoms with van der Waals surface area (Å²) in [5, 5.41) is 3.85. The lowest BCUT2D eigenvalue weighted by atomic mass is 9.96. The Balaban J connectivity index is 2.14. The molecule has 2 unspecified atom stereocenters. The van der Waals surface area contributed by atoms with Crippen molar-refractivity contribution in [1.82, 2.24) is 10.2 Å². The lowest BCUT2D eigenvalue weighted by Crippen LogP contribution is -2.57. The Kier molecular flexibility index (Phi) is 6.03. The number of piperazine rings is 1. The normalized spacial score (nSPS) is 23.7. The summed E-state index contributed by atoms with van der Waals surface area (Å²) in [6.45, 7) is 9.25. The molecule has 0 amide bonds. The van der Waals surface area contributed by atoms with E-state index in [1.165, 1.54) is 12.8 Å². The highest BCUT2D eigenvalue weighted by molar-refractivity contribution is 6.30. The van der Waals surface area contributed by atoms with Crippen LogP contribution in [-0.2, 0) is 6.54 Å². The summed E-state index contributed by atoms with van der Waals surface area (Å²) in [6, 6.07) is 6.23. The van der Waals surface area contributed by atoms with Crippen LogP contribution in [0.2, 0.25) is 5.02 Å². The Bertz CT molecular complexity index is 464. The average Bonchev–Trinajstić information content (AvgIpc) is 2.44. The molecular weight excluding hydrogens is 287 g/mol. The van der Waals surface area contributed by atoms with E-state index < -0.39 is 0 Å². The van der Waals surface area contributed by atoms with Crippen molar-refractivity contribution < 1.29 is 4.39 Å². The molecule has 2 rings (SSSR count). The van der Waals surface area contributed by atoms with E-state index in [9.17, 15) is 4.39 Å². The van der Waals surface area contributed by atoms with Gasteiger partial charge in [0.15, 0.2) is 0 Å². The number of benzene rings is 1. The summed E-state index contributed by atoms with van der Waals surface area (Å²) in [4.78, 5) is 2.41. The van der Waals surface area contributed by atoms with Gasteiger partial charge >= 0.3 is 0 Å². The molecule has 21 heavy (non-hydrogen) atoms. The number of nitrogens with zero attached hydrogens (tertiary/aromatic N) is 1. The second kappa shape index (κ2) is 7.57. The van der Waals surface area contributed by atoms with Crippen molar-refractivity contribution in [2.75, 3.05) is 13.1 Å². The van der Waals surface area contributed by atoms with Crippen molar-refractivity contribution in [2.24, 2.45) is 5.92 Å². The molecule has 1 aromatic carbocycles. The molecule has 4 heteroatoms. The van der Waals surface area contributed by atoms with Crippen LogP contribution in [0, 0.1) is 11.7 Å². The van der Waals surface area contributed by atoms with Crippen LogP contribution < -0.4 is 5.32 Å². The van der Waals surface area contributed by atoms with Gasteiger partial charge < -0.3 is 5.32 Å². The van der Waals surface area contributed by atoms with Crippen LogP contribution in [0.4, 0.5) is 4.39 Å². The van der Waals surface area contributed by atoms with Gasteiger partial charge in [-0.1, -0.05) is 50.9 Å². The molecule has 0 aromatic heterocycles. The quantitative estimate of drug-likeness (QED) is 0.881. The van der Waals surface area contributed by atoms with Crippen LogP contribution in [0.1, 0.15) is 39.2 Å². The maximum Gasteiger partial charge on any atom is 0.146 e. The molecular formula is C17H26ClFN2. The molecule has 1 aromatic rings. The van der Waals surface area contributed by atoms with Crippen molar-refractivity contribution in [3.63, 3.8) is 0 Å². The maximum atomic E-state index is 14.2. The second-order valence-electron chi connectivity index (χ2n) is 6.35. The molecule has 0 saturated carbocycles. The smallest absolute Gasteiger partial charge is 0.146 e. The summed E-state index contributed by atoms with van der Waals surface area (Å²) >= 11 is 5.90. The molecule has 2 atom stereocenters. The van der Waals surface area contributed by atoms with E-state index >= 15 is 0 Å². The predicted octanol–water partition coefficient (Wildman–Crippen LogP) is 4.08. The number of hydrogen-bond acceptors (Lipinski definition) is 2. The second-order valence-corrected chi connectivity index (χ2v) is 6.75. The summed E-state index contributed by atoms with van der Waals surface area (Å²) in [7, 11) is 0. The van der Waals surface area contributed by atoms with Gasteiger partial charge in [0.2, 0.25) is 0 Å². The third kappa shape index (κ3) is 4.18. The monoisotopic (exact) mass is 312 g/mol. The molecule has 118 valence electrons. The minimum atomic E-state index is -0.271. The number of hydrogen-bond donors (Lipinski definition) is 1. The fourth-order valence-electron chi connectivity index (χ4n) is 3.17. The predicted molar refractivity (Wildman–Crippen MR) is 87.1 cm³/mol. The molecule has 1 aliphatic heterocycles. The molecule has 1 aliphatic rings. The van der Waals surface area contributed by atoms with E-state index in [4.69, 9.17) is 11.6 Å². The van der Waals surface area contributed by atoms with Crippen molar-refractivity contribution in [1.29, 1.82) is 0 Å². The van der Waals surface area contributed by atoms with Crippen LogP contribution in [0.15, 0.2) is 18.2 Å². The van der Waals surface area contributed by atoms with E-state index in [1.807, 2.05) is 12.1 Å². The minimum absolute atomic E-state index is 0.217. The molecule has 0 aliphatic carbocycles. The Hall–Kier alpha value is -0.640. The van der Waals surface area contributed by atoms with E-state index in [0.717, 1.165) is 13.1 Å². The van der Waals surface area contributed by atoms with Crippen LogP contribution in [0.25, 0.3) is 0 Å². The number of rotatable bonds is 5. The van der Waals surface area contributed by atoms with Gasteiger partial charge in [-0.15, -0.1) is 0 Å². The van der Waals surface area contributed by atoms with E-state index in [-0.39, 0.29) is 10.8 Å². The average molecular weight is 313 g/mol. The van der Waals surface area contributed by atoms with E-state index in [0.29, 0.717) is 30.1 Å². The molecule has 1 heterocycles. The van der Waals surface area contributed by atoms with E-state index in [1.54, 1.807) is 6.07 Å². The minimum Gasteiger partial charge on any atom is -0.311 e. The molecule has 0 spiro atoms. The summed E-state index contributed by atoms with van der Waals surface area (Å²) < 4.78 is 14.2. The van der Waals surface area contributed by atoms with Crippen molar-refractivity contribution in [3.05, 3.63) is 34.6 Å². The highest BCUT2D eigenvalue weighted by atomic mass is 35.5. The van der Waals surface area contributed by atoms with Gasteiger partial charge in [-0.3, -0.25) is 4.90 Å². The largest absolute Gasteiger partial charge is 0.311 e. The number of halogens is 2. The van der Waals surface area contributed by atoms with Gasteiger partial charge in [-0.05, 0) is 18.4 Å². The highest BCUT2D eigenvalue weighted by Gasteiger charge is 2.29. The molecule has 1 fully saturated rings. The summed E-state index contributed by atoms with van der Waals surface area (Å²) in [6.07, 6.45) is 2.34. The summed E-state index contributed by atoms with van der Waals surface area (Å²) in [5.41, 5.74) is 0.699. The summed E-state index contributed by atoms with van der Waals surface area (Å²) in [5.74, 6) is 0.273. The standard InChI is InChI=1S/C17H26ClFN2/c1-4-6-14-11-21(16(9-20-14)12(2)3)10-13-7-5-8-15(18)17(13)19/h5,7-8,12,14,16,20H,4,6,9-11H2,1-3H3. The van der Waals surface area contributed by atoms with Crippen LogP contribution >= 0.6 is 11.6 Å². The topological polar surface area (TPSA) is 15.3 Å². The van der Waals surface area contributed by atoms with Crippen LogP contribution in [-0.4, -0.2) is 30.1 Å². The third-order valence-corrected chi connectivity index (χ3v) is 4.64. The Morgan fingerprint density at radius 3 is 2.86 bits per heavy atom.